The number of hydrogen-bond donors (Lipinski definition) is 2. The Kier molecular flexibility index (Phi) is 10.1. The van der Waals surface area contributed by atoms with Crippen LogP contribution in [-0.2, 0) is 32.3 Å². The van der Waals surface area contributed by atoms with Gasteiger partial charge in [0.25, 0.3) is 0 Å². The van der Waals surface area contributed by atoms with E-state index in [0.717, 1.165) is 48.1 Å². The molecule has 5 rings (SSSR count). The first-order chi connectivity index (χ1) is 21.3. The molecule has 3 aromatic rings. The summed E-state index contributed by atoms with van der Waals surface area (Å²) in [7, 11) is 3.61. The van der Waals surface area contributed by atoms with Gasteiger partial charge < -0.3 is 29.7 Å². The van der Waals surface area contributed by atoms with E-state index in [-0.39, 0.29) is 56.9 Å². The van der Waals surface area contributed by atoms with E-state index >= 15 is 0 Å². The molecule has 12 nitrogen and oxygen atoms in total. The second kappa shape index (κ2) is 14.3. The molecule has 0 bridgehead atoms. The number of piperazine rings is 1. The summed E-state index contributed by atoms with van der Waals surface area (Å²) in [6, 6.07) is 13.5. The van der Waals surface area contributed by atoms with Crippen LogP contribution in [0.25, 0.3) is 11.0 Å². The van der Waals surface area contributed by atoms with Gasteiger partial charge in [0.2, 0.25) is 17.7 Å². The minimum Gasteiger partial charge on any atom is -0.445 e. The van der Waals surface area contributed by atoms with Crippen molar-refractivity contribution >= 4 is 34.8 Å². The molecule has 0 saturated carbocycles. The van der Waals surface area contributed by atoms with Crippen molar-refractivity contribution < 1.29 is 23.9 Å². The number of nitrogens with zero attached hydrogens (tertiary/aromatic N) is 5. The zero-order chi connectivity index (χ0) is 31.1. The maximum Gasteiger partial charge on any atom is 0.410 e. The fourth-order valence-corrected chi connectivity index (χ4v) is 5.83. The zero-order valence-corrected chi connectivity index (χ0v) is 25.4. The molecule has 0 aliphatic carbocycles. The molecule has 2 aromatic carbocycles. The van der Waals surface area contributed by atoms with E-state index in [4.69, 9.17) is 4.74 Å². The summed E-state index contributed by atoms with van der Waals surface area (Å²) in [5, 5.41) is 2.96. The van der Waals surface area contributed by atoms with Crippen LogP contribution >= 0.6 is 0 Å². The summed E-state index contributed by atoms with van der Waals surface area (Å²) in [6.45, 7) is 2.27. The summed E-state index contributed by atoms with van der Waals surface area (Å²) in [4.78, 5) is 67.5. The number of H-pyrrole nitrogens is 1. The first-order valence-electron chi connectivity index (χ1n) is 15.2. The molecule has 2 aliphatic rings. The lowest BCUT2D eigenvalue weighted by atomic mass is 10.0. The van der Waals surface area contributed by atoms with Crippen molar-refractivity contribution in [2.75, 3.05) is 46.8 Å². The Hall–Kier alpha value is -4.45. The maximum absolute atomic E-state index is 14.0. The Morgan fingerprint density at radius 1 is 1.00 bits per heavy atom. The second-order valence-corrected chi connectivity index (χ2v) is 11.6. The number of hydrogen-bond acceptors (Lipinski definition) is 7. The van der Waals surface area contributed by atoms with E-state index in [1.807, 2.05) is 53.4 Å². The molecule has 2 unspecified atom stereocenters. The van der Waals surface area contributed by atoms with E-state index in [2.05, 4.69) is 15.3 Å². The molecular formula is C32H41N7O5. The molecule has 2 atom stereocenters. The lowest BCUT2D eigenvalue weighted by Gasteiger charge is -2.42. The van der Waals surface area contributed by atoms with Crippen LogP contribution in [0.1, 0.15) is 36.8 Å². The van der Waals surface area contributed by atoms with Gasteiger partial charge in [0.15, 0.2) is 0 Å². The van der Waals surface area contributed by atoms with Crippen molar-refractivity contribution in [2.24, 2.45) is 0 Å². The fourth-order valence-electron chi connectivity index (χ4n) is 5.83. The second-order valence-electron chi connectivity index (χ2n) is 11.6. The Labute approximate surface area is 257 Å². The summed E-state index contributed by atoms with van der Waals surface area (Å²) >= 11 is 0. The zero-order valence-electron chi connectivity index (χ0n) is 25.4. The van der Waals surface area contributed by atoms with Crippen molar-refractivity contribution in [3.05, 3.63) is 66.0 Å². The molecule has 0 radical (unpaired) electrons. The molecule has 4 amide bonds. The predicted octanol–water partition coefficient (Wildman–Crippen LogP) is 2.36. The van der Waals surface area contributed by atoms with E-state index < -0.39 is 18.2 Å². The number of fused-ring (bicyclic) bond motifs is 1. The molecule has 2 N–H and O–H groups in total. The normalized spacial score (nSPS) is 17.6. The number of carbonyl (C=O) groups excluding carboxylic acids is 4. The number of likely N-dealkylation sites (N-methyl/N-ethyl adjacent to an activating group) is 1. The number of ether oxygens (including phenoxy) is 1. The van der Waals surface area contributed by atoms with Crippen LogP contribution in [0.5, 0.6) is 0 Å². The van der Waals surface area contributed by atoms with Gasteiger partial charge in [-0.2, -0.15) is 0 Å². The minimum absolute atomic E-state index is 0.00234. The van der Waals surface area contributed by atoms with Crippen molar-refractivity contribution in [1.82, 2.24) is 34.9 Å². The molecular weight excluding hydrogens is 562 g/mol. The number of benzene rings is 2. The van der Waals surface area contributed by atoms with Gasteiger partial charge in [-0.15, -0.1) is 0 Å². The van der Waals surface area contributed by atoms with Crippen LogP contribution in [-0.4, -0.2) is 112 Å². The third-order valence-corrected chi connectivity index (χ3v) is 8.38. The van der Waals surface area contributed by atoms with E-state index in [9.17, 15) is 19.2 Å². The van der Waals surface area contributed by atoms with Crippen molar-refractivity contribution in [2.45, 2.75) is 50.9 Å². The van der Waals surface area contributed by atoms with Crippen LogP contribution in [0, 0.1) is 0 Å². The highest BCUT2D eigenvalue weighted by molar-refractivity contribution is 5.91. The van der Waals surface area contributed by atoms with Crippen molar-refractivity contribution in [1.29, 1.82) is 0 Å². The van der Waals surface area contributed by atoms with Crippen LogP contribution in [0.15, 0.2) is 54.9 Å². The number of nitrogens with one attached hydrogen (secondary N) is 2. The average molecular weight is 604 g/mol. The van der Waals surface area contributed by atoms with Crippen LogP contribution in [0.2, 0.25) is 0 Å². The van der Waals surface area contributed by atoms with Gasteiger partial charge >= 0.3 is 6.09 Å². The first kappa shape index (κ1) is 31.0. The number of likely N-dealkylation sites (tertiary alicyclic amines) is 1. The molecule has 3 heterocycles. The SMILES string of the molecule is CN(C)C(CCC(=O)N1CCCC1)C(=O)N1CCN(C(=O)OCc2ccccc2)CC1C(=O)NCc1ccc2nc[nH]c2c1. The highest BCUT2D eigenvalue weighted by atomic mass is 16.6. The molecule has 0 spiro atoms. The van der Waals surface area contributed by atoms with E-state index in [1.165, 1.54) is 4.90 Å². The standard InChI is InChI=1S/C32H41N7O5/c1-36(2)27(12-13-29(40)37-14-6-7-15-37)31(42)39-17-16-38(32(43)44-21-23-8-4-3-5-9-23)20-28(39)30(41)33-19-24-10-11-25-26(18-24)35-22-34-25/h3-5,8-11,18,22,27-28H,6-7,12-17,19-21H2,1-2H3,(H,33,41)(H,34,35). The van der Waals surface area contributed by atoms with Crippen LogP contribution in [0.3, 0.4) is 0 Å². The van der Waals surface area contributed by atoms with Crippen LogP contribution < -0.4 is 5.32 Å². The van der Waals surface area contributed by atoms with Gasteiger partial charge in [0.1, 0.15) is 12.6 Å². The average Bonchev–Trinajstić information content (AvgIpc) is 3.75. The van der Waals surface area contributed by atoms with Crippen molar-refractivity contribution in [3.8, 4) is 0 Å². The molecule has 2 saturated heterocycles. The third-order valence-electron chi connectivity index (χ3n) is 8.38. The monoisotopic (exact) mass is 603 g/mol. The van der Waals surface area contributed by atoms with Gasteiger partial charge in [0, 0.05) is 39.1 Å². The van der Waals surface area contributed by atoms with Gasteiger partial charge in [-0.3, -0.25) is 19.3 Å². The van der Waals surface area contributed by atoms with Gasteiger partial charge in [-0.1, -0.05) is 36.4 Å². The highest BCUT2D eigenvalue weighted by Crippen LogP contribution is 2.19. The highest BCUT2D eigenvalue weighted by Gasteiger charge is 2.40. The Morgan fingerprint density at radius 2 is 1.77 bits per heavy atom. The Morgan fingerprint density at radius 3 is 2.52 bits per heavy atom. The number of aromatic amines is 1. The quantitative estimate of drug-likeness (QED) is 0.364. The van der Waals surface area contributed by atoms with Gasteiger partial charge in [0.05, 0.1) is 29.9 Å². The van der Waals surface area contributed by atoms with Gasteiger partial charge in [-0.05, 0) is 56.6 Å². The molecule has 44 heavy (non-hydrogen) atoms. The van der Waals surface area contributed by atoms with Crippen molar-refractivity contribution in [3.63, 3.8) is 0 Å². The number of imidazole rings is 1. The number of rotatable bonds is 10. The number of carbonyl (C=O) groups is 4. The predicted molar refractivity (Wildman–Crippen MR) is 164 cm³/mol. The lowest BCUT2D eigenvalue weighted by Crippen LogP contribution is -2.64. The fraction of sp³-hybridized carbons (Fsp3) is 0.469. The maximum atomic E-state index is 14.0. The largest absolute Gasteiger partial charge is 0.445 e. The minimum atomic E-state index is -0.923. The molecule has 1 aromatic heterocycles. The smallest absolute Gasteiger partial charge is 0.410 e. The van der Waals surface area contributed by atoms with E-state index in [1.54, 1.807) is 30.2 Å². The molecule has 2 aliphatic heterocycles. The Bertz CT molecular complexity index is 1450. The summed E-state index contributed by atoms with van der Waals surface area (Å²) < 4.78 is 5.55. The summed E-state index contributed by atoms with van der Waals surface area (Å²) in [6.07, 6.45) is 3.69. The molecule has 2 fully saturated rings. The molecule has 234 valence electrons. The number of aromatic nitrogens is 2. The lowest BCUT2D eigenvalue weighted by molar-refractivity contribution is -0.147. The van der Waals surface area contributed by atoms with Gasteiger partial charge in [-0.25, -0.2) is 9.78 Å². The van der Waals surface area contributed by atoms with Crippen LogP contribution in [0.4, 0.5) is 4.79 Å². The Balaban J connectivity index is 1.28. The topological polar surface area (TPSA) is 131 Å². The third kappa shape index (κ3) is 7.54. The number of amides is 4. The molecule has 12 heteroatoms. The van der Waals surface area contributed by atoms with E-state index in [0.29, 0.717) is 6.42 Å². The first-order valence-corrected chi connectivity index (χ1v) is 15.2. The summed E-state index contributed by atoms with van der Waals surface area (Å²) in [5.74, 6) is -0.550. The summed E-state index contributed by atoms with van der Waals surface area (Å²) in [5.41, 5.74) is 3.41.